The molecule has 1 atom stereocenters. The summed E-state index contributed by atoms with van der Waals surface area (Å²) < 4.78 is 5.38. The first-order chi connectivity index (χ1) is 9.62. The third kappa shape index (κ3) is 6.79. The summed E-state index contributed by atoms with van der Waals surface area (Å²) in [5.41, 5.74) is 18.1. The van der Waals surface area contributed by atoms with Gasteiger partial charge < -0.3 is 38.0 Å². The number of rotatable bonds is 8. The van der Waals surface area contributed by atoms with Crippen molar-refractivity contribution in [3.8, 4) is 5.75 Å². The Morgan fingerprint density at radius 3 is 2.48 bits per heavy atom. The van der Waals surface area contributed by atoms with Gasteiger partial charge in [0.2, 0.25) is 0 Å². The van der Waals surface area contributed by atoms with Crippen LogP contribution < -0.4 is 78.6 Å². The summed E-state index contributed by atoms with van der Waals surface area (Å²) >= 11 is 0. The predicted molar refractivity (Wildman–Crippen MR) is 81.9 cm³/mol. The number of nitrogens with one attached hydrogen (secondary N) is 2. The Hall–Kier alpha value is -0.614. The molecule has 0 heterocycles. The Balaban J connectivity index is 0.00000400. The van der Waals surface area contributed by atoms with Crippen molar-refractivity contribution in [1.29, 1.82) is 5.41 Å². The van der Waals surface area contributed by atoms with Crippen molar-refractivity contribution in [2.45, 2.75) is 6.17 Å². The monoisotopic (exact) mass is 316 g/mol. The molecule has 0 spiro atoms. The molecule has 110 valence electrons. The van der Waals surface area contributed by atoms with Crippen LogP contribution in [0.1, 0.15) is 0 Å². The topological polar surface area (TPSA) is 137 Å². The average Bonchev–Trinajstić information content (AvgIpc) is 2.50. The van der Waals surface area contributed by atoms with Gasteiger partial charge in [-0.15, -0.1) is 0 Å². The number of nitrogens with zero attached hydrogens (tertiary/aromatic N) is 1. The minimum Gasteiger partial charge on any atom is -0.640 e. The first-order valence-corrected chi connectivity index (χ1v) is 6.16. The maximum Gasteiger partial charge on any atom is 1.00 e. The zero-order chi connectivity index (χ0) is 15.0. The van der Waals surface area contributed by atoms with Crippen LogP contribution in [0.2, 0.25) is 0 Å². The Kier molecular flexibility index (Phi) is 10.7. The summed E-state index contributed by atoms with van der Waals surface area (Å²) in [6.07, 6.45) is 0.520. The molecule has 0 aromatic heterocycles. The van der Waals surface area contributed by atoms with Crippen LogP contribution in [0.15, 0.2) is 35.7 Å². The number of allylic oxidation sites excluding steroid dienone is 1. The Morgan fingerprint density at radius 1 is 1.38 bits per heavy atom. The molecule has 0 radical (unpaired) electrons. The second kappa shape index (κ2) is 11.0. The van der Waals surface area contributed by atoms with Crippen molar-refractivity contribution >= 4 is 11.9 Å². The van der Waals surface area contributed by atoms with E-state index in [1.165, 1.54) is 0 Å². The van der Waals surface area contributed by atoms with Gasteiger partial charge in [0.25, 0.3) is 0 Å². The molecule has 0 saturated heterocycles. The predicted octanol–water partition coefficient (Wildman–Crippen LogP) is -2.45. The van der Waals surface area contributed by atoms with Crippen LogP contribution in [-0.2, 0) is 0 Å². The number of hydrogen-bond donors (Lipinski definition) is 5. The van der Waals surface area contributed by atoms with Crippen LogP contribution >= 0.6 is 0 Å². The van der Waals surface area contributed by atoms with Gasteiger partial charge in [-0.05, 0) is 30.4 Å². The van der Waals surface area contributed by atoms with Crippen LogP contribution in [0.5, 0.6) is 5.75 Å². The second-order valence-electron chi connectivity index (χ2n) is 4.02. The molecule has 0 fully saturated rings. The standard InChI is InChI=1S/C13H21N6O.K/c1-18-13(12(17)11(16)8-15)19-9-2-4-10(5-3-9)20-7-6-14;/h2-5,8,13,15,19H,6-7,14,16-17H2,1H3;/q-1;+1/b12-11+,15-8?;. The fourth-order valence-corrected chi connectivity index (χ4v) is 1.50. The van der Waals surface area contributed by atoms with E-state index in [9.17, 15) is 0 Å². The summed E-state index contributed by atoms with van der Waals surface area (Å²) in [5, 5.41) is 14.3. The average molecular weight is 316 g/mol. The molecule has 8 N–H and O–H groups in total. The van der Waals surface area contributed by atoms with Crippen molar-refractivity contribution in [1.82, 2.24) is 0 Å². The zero-order valence-corrected chi connectivity index (χ0v) is 15.6. The second-order valence-corrected chi connectivity index (χ2v) is 4.02. The zero-order valence-electron chi connectivity index (χ0n) is 12.5. The van der Waals surface area contributed by atoms with Crippen molar-refractivity contribution in [3.63, 3.8) is 0 Å². The Labute approximate surface area is 167 Å². The largest absolute Gasteiger partial charge is 1.00 e. The van der Waals surface area contributed by atoms with Crippen molar-refractivity contribution < 1.29 is 56.1 Å². The van der Waals surface area contributed by atoms with Crippen molar-refractivity contribution in [2.75, 3.05) is 25.5 Å². The third-order valence-corrected chi connectivity index (χ3v) is 2.59. The molecule has 0 aliphatic heterocycles. The number of ether oxygens (including phenoxy) is 1. The Morgan fingerprint density at radius 2 is 2.00 bits per heavy atom. The number of nitrogens with two attached hydrogens (primary N) is 3. The van der Waals surface area contributed by atoms with Crippen LogP contribution in [0, 0.1) is 5.41 Å². The summed E-state index contributed by atoms with van der Waals surface area (Å²) in [7, 11) is 1.63. The van der Waals surface area contributed by atoms with E-state index in [0.29, 0.717) is 18.8 Å². The molecule has 0 aliphatic rings. The number of anilines is 1. The van der Waals surface area contributed by atoms with Gasteiger partial charge >= 0.3 is 51.4 Å². The molecule has 1 aromatic carbocycles. The summed E-state index contributed by atoms with van der Waals surface area (Å²) in [6, 6.07) is 7.34. The van der Waals surface area contributed by atoms with Gasteiger partial charge in [0.15, 0.2) is 0 Å². The van der Waals surface area contributed by atoms with E-state index in [0.717, 1.165) is 17.7 Å². The molecule has 21 heavy (non-hydrogen) atoms. The fraction of sp³-hybridized carbons (Fsp3) is 0.308. The Bertz CT molecular complexity index is 462. The van der Waals surface area contributed by atoms with E-state index in [4.69, 9.17) is 27.3 Å². The van der Waals surface area contributed by atoms with Gasteiger partial charge in [0.1, 0.15) is 12.4 Å². The molecule has 1 rings (SSSR count). The van der Waals surface area contributed by atoms with E-state index in [1.807, 2.05) is 24.3 Å². The van der Waals surface area contributed by atoms with Crippen LogP contribution in [-0.4, -0.2) is 32.6 Å². The summed E-state index contributed by atoms with van der Waals surface area (Å²) in [4.78, 5) is 0. The SMILES string of the molecule is C[N-]C(Nc1ccc(OCCN)cc1)/C(N)=C(\N)C=N.[K+]. The molecule has 0 amide bonds. The minimum absolute atomic E-state index is 0. The summed E-state index contributed by atoms with van der Waals surface area (Å²) in [6.45, 7) is 0.951. The van der Waals surface area contributed by atoms with Crippen LogP contribution in [0.3, 0.4) is 0 Å². The first kappa shape index (κ1) is 20.4. The van der Waals surface area contributed by atoms with Crippen LogP contribution in [0.4, 0.5) is 5.69 Å². The van der Waals surface area contributed by atoms with Gasteiger partial charge in [-0.3, -0.25) is 0 Å². The van der Waals surface area contributed by atoms with Gasteiger partial charge in [0.05, 0.1) is 5.70 Å². The van der Waals surface area contributed by atoms with Gasteiger partial charge in [0, 0.05) is 24.1 Å². The smallest absolute Gasteiger partial charge is 0.640 e. The number of hydrogen-bond acceptors (Lipinski definition) is 6. The van der Waals surface area contributed by atoms with Gasteiger partial charge in [-0.1, -0.05) is 0 Å². The molecule has 0 bridgehead atoms. The minimum atomic E-state index is -0.479. The van der Waals surface area contributed by atoms with E-state index in [-0.39, 0.29) is 57.1 Å². The van der Waals surface area contributed by atoms with Gasteiger partial charge in [-0.2, -0.15) is 7.05 Å². The molecule has 0 aliphatic carbocycles. The van der Waals surface area contributed by atoms with Crippen molar-refractivity contribution in [2.24, 2.45) is 17.2 Å². The molecule has 8 heteroatoms. The first-order valence-electron chi connectivity index (χ1n) is 6.16. The molecular formula is C13H21KN6O. The van der Waals surface area contributed by atoms with E-state index in [1.54, 1.807) is 7.05 Å². The van der Waals surface area contributed by atoms with Crippen LogP contribution in [0.25, 0.3) is 5.32 Å². The molecule has 1 unspecified atom stereocenters. The molecular weight excluding hydrogens is 295 g/mol. The fourth-order valence-electron chi connectivity index (χ4n) is 1.50. The molecule has 1 aromatic rings. The normalized spacial score (nSPS) is 12.7. The van der Waals surface area contributed by atoms with Crippen molar-refractivity contribution in [3.05, 3.63) is 41.0 Å². The number of benzene rings is 1. The maximum absolute atomic E-state index is 7.10. The number of likely N-dealkylation sites (N-methyl/N-ethyl adjacent to an activating group) is 1. The maximum atomic E-state index is 7.10. The van der Waals surface area contributed by atoms with E-state index < -0.39 is 6.17 Å². The third-order valence-electron chi connectivity index (χ3n) is 2.59. The van der Waals surface area contributed by atoms with Gasteiger partial charge in [-0.25, -0.2) is 0 Å². The summed E-state index contributed by atoms with van der Waals surface area (Å²) in [5.74, 6) is 0.744. The van der Waals surface area contributed by atoms with E-state index >= 15 is 0 Å². The molecule has 0 saturated carbocycles. The van der Waals surface area contributed by atoms with E-state index in [2.05, 4.69) is 10.6 Å². The molecule has 7 nitrogen and oxygen atoms in total. The quantitative estimate of drug-likeness (QED) is 0.268.